The van der Waals surface area contributed by atoms with E-state index in [-0.39, 0.29) is 16.9 Å². The summed E-state index contributed by atoms with van der Waals surface area (Å²) in [5.74, 6) is -0.298. The van der Waals surface area contributed by atoms with Crippen molar-refractivity contribution in [2.75, 3.05) is 7.11 Å². The number of aryl methyl sites for hydroxylation is 1. The molecule has 1 saturated heterocycles. The molecule has 1 aliphatic carbocycles. The number of sulfonamides is 1. The van der Waals surface area contributed by atoms with Crippen LogP contribution in [-0.2, 0) is 14.8 Å². The smallest absolute Gasteiger partial charge is 0.322 e. The molecule has 0 amide bonds. The summed E-state index contributed by atoms with van der Waals surface area (Å²) in [6.45, 7) is 1.78. The summed E-state index contributed by atoms with van der Waals surface area (Å²) in [7, 11) is -2.32. The maximum absolute atomic E-state index is 13.2. The Balaban J connectivity index is 2.02. The van der Waals surface area contributed by atoms with Crippen LogP contribution in [0.25, 0.3) is 0 Å². The molecule has 0 aromatic heterocycles. The summed E-state index contributed by atoms with van der Waals surface area (Å²) >= 11 is 0. The van der Waals surface area contributed by atoms with Crippen molar-refractivity contribution in [3.8, 4) is 5.75 Å². The van der Waals surface area contributed by atoms with Crippen molar-refractivity contribution in [3.05, 3.63) is 23.8 Å². The highest BCUT2D eigenvalue weighted by Crippen LogP contribution is 2.43. The van der Waals surface area contributed by atoms with Gasteiger partial charge < -0.3 is 9.84 Å². The topological polar surface area (TPSA) is 83.9 Å². The fourth-order valence-corrected chi connectivity index (χ4v) is 6.06. The number of nitrogens with zero attached hydrogens (tertiary/aromatic N) is 1. The minimum absolute atomic E-state index is 0.137. The van der Waals surface area contributed by atoms with Crippen LogP contribution < -0.4 is 4.74 Å². The Kier molecular flexibility index (Phi) is 4.57. The number of fused-ring (bicyclic) bond motifs is 1. The van der Waals surface area contributed by atoms with Crippen molar-refractivity contribution in [1.29, 1.82) is 0 Å². The number of rotatable bonds is 4. The second-order valence-corrected chi connectivity index (χ2v) is 8.51. The minimum Gasteiger partial charge on any atom is -0.496 e. The van der Waals surface area contributed by atoms with Crippen LogP contribution in [0, 0.1) is 12.8 Å². The Morgan fingerprint density at radius 3 is 2.62 bits per heavy atom. The quantitative estimate of drug-likeness (QED) is 0.899. The van der Waals surface area contributed by atoms with E-state index < -0.39 is 22.0 Å². The van der Waals surface area contributed by atoms with Gasteiger partial charge in [-0.05, 0) is 55.9 Å². The summed E-state index contributed by atoms with van der Waals surface area (Å²) in [4.78, 5) is 11.8. The van der Waals surface area contributed by atoms with E-state index in [9.17, 15) is 18.3 Å². The predicted molar refractivity (Wildman–Crippen MR) is 88.5 cm³/mol. The third kappa shape index (κ3) is 2.80. The van der Waals surface area contributed by atoms with Crippen molar-refractivity contribution < 1.29 is 23.1 Å². The van der Waals surface area contributed by atoms with Crippen LogP contribution in [0.5, 0.6) is 5.75 Å². The molecule has 2 fully saturated rings. The Bertz CT molecular complexity index is 745. The van der Waals surface area contributed by atoms with Crippen LogP contribution in [0.1, 0.15) is 37.7 Å². The number of carboxylic acid groups (broad SMARTS) is 1. The van der Waals surface area contributed by atoms with Gasteiger partial charge in [-0.2, -0.15) is 4.31 Å². The summed E-state index contributed by atoms with van der Waals surface area (Å²) < 4.78 is 32.8. The average Bonchev–Trinajstić information content (AvgIpc) is 2.95. The monoisotopic (exact) mass is 353 g/mol. The molecule has 3 atom stereocenters. The number of hydrogen-bond donors (Lipinski definition) is 1. The molecule has 132 valence electrons. The van der Waals surface area contributed by atoms with Gasteiger partial charge in [-0.3, -0.25) is 4.79 Å². The van der Waals surface area contributed by atoms with Gasteiger partial charge in [-0.25, -0.2) is 8.42 Å². The summed E-state index contributed by atoms with van der Waals surface area (Å²) in [5.41, 5.74) is 0.713. The van der Waals surface area contributed by atoms with Gasteiger partial charge in [0.05, 0.1) is 12.0 Å². The van der Waals surface area contributed by atoms with Crippen molar-refractivity contribution >= 4 is 16.0 Å². The summed E-state index contributed by atoms with van der Waals surface area (Å²) in [6, 6.07) is 3.50. The minimum atomic E-state index is -3.85. The number of hydrogen-bond acceptors (Lipinski definition) is 4. The van der Waals surface area contributed by atoms with Gasteiger partial charge in [0.25, 0.3) is 0 Å². The molecule has 0 radical (unpaired) electrons. The van der Waals surface area contributed by atoms with E-state index in [1.54, 1.807) is 19.1 Å². The molecule has 1 N–H and O–H groups in total. The van der Waals surface area contributed by atoms with Gasteiger partial charge in [-0.1, -0.05) is 12.8 Å². The van der Waals surface area contributed by atoms with Gasteiger partial charge in [0.15, 0.2) is 0 Å². The lowest BCUT2D eigenvalue weighted by Crippen LogP contribution is -2.46. The first-order valence-corrected chi connectivity index (χ1v) is 9.71. The van der Waals surface area contributed by atoms with E-state index in [1.165, 1.54) is 17.5 Å². The van der Waals surface area contributed by atoms with Gasteiger partial charge in [0.2, 0.25) is 10.0 Å². The molecular weight excluding hydrogens is 330 g/mol. The van der Waals surface area contributed by atoms with Crippen LogP contribution in [0.3, 0.4) is 0 Å². The molecule has 3 unspecified atom stereocenters. The maximum Gasteiger partial charge on any atom is 0.322 e. The van der Waals surface area contributed by atoms with E-state index in [1.807, 2.05) is 0 Å². The van der Waals surface area contributed by atoms with Crippen LogP contribution in [0.2, 0.25) is 0 Å². The van der Waals surface area contributed by atoms with Crippen molar-refractivity contribution in [2.24, 2.45) is 5.92 Å². The second-order valence-electron chi connectivity index (χ2n) is 6.67. The van der Waals surface area contributed by atoms with Gasteiger partial charge in [0, 0.05) is 6.04 Å². The Labute approximate surface area is 142 Å². The van der Waals surface area contributed by atoms with Gasteiger partial charge in [-0.15, -0.1) is 0 Å². The first-order valence-electron chi connectivity index (χ1n) is 8.27. The maximum atomic E-state index is 13.2. The molecule has 0 bridgehead atoms. The number of methoxy groups -OCH3 is 1. The SMILES string of the molecule is COc1ccc(S(=O)(=O)N2C(C(=O)O)CC3CCCCC32)cc1C. The lowest BCUT2D eigenvalue weighted by atomic mass is 9.85. The van der Waals surface area contributed by atoms with E-state index in [0.717, 1.165) is 25.7 Å². The third-order valence-corrected chi connectivity index (χ3v) is 7.19. The van der Waals surface area contributed by atoms with Crippen molar-refractivity contribution in [2.45, 2.75) is 56.0 Å². The first kappa shape index (κ1) is 17.2. The van der Waals surface area contributed by atoms with E-state index in [4.69, 9.17) is 4.74 Å². The molecule has 1 aromatic rings. The zero-order valence-corrected chi connectivity index (χ0v) is 14.8. The average molecular weight is 353 g/mol. The Hall–Kier alpha value is -1.60. The summed E-state index contributed by atoms with van der Waals surface area (Å²) in [6.07, 6.45) is 4.05. The number of carbonyl (C=O) groups is 1. The van der Waals surface area contributed by atoms with E-state index in [0.29, 0.717) is 17.7 Å². The molecule has 1 aliphatic heterocycles. The largest absolute Gasteiger partial charge is 0.496 e. The molecule has 3 rings (SSSR count). The summed E-state index contributed by atoms with van der Waals surface area (Å²) in [5, 5.41) is 9.55. The molecule has 0 spiro atoms. The number of aliphatic carboxylic acids is 1. The lowest BCUT2D eigenvalue weighted by molar-refractivity contribution is -0.141. The second kappa shape index (κ2) is 6.37. The highest BCUT2D eigenvalue weighted by molar-refractivity contribution is 7.89. The fourth-order valence-electron chi connectivity index (χ4n) is 4.11. The van der Waals surface area contributed by atoms with Crippen LogP contribution in [0.4, 0.5) is 0 Å². The number of carboxylic acids is 1. The van der Waals surface area contributed by atoms with Crippen molar-refractivity contribution in [1.82, 2.24) is 4.31 Å². The van der Waals surface area contributed by atoms with Gasteiger partial charge >= 0.3 is 5.97 Å². The standard InChI is InChI=1S/C17H23NO5S/c1-11-9-13(7-8-16(11)23-2)24(21,22)18-14-6-4-3-5-12(14)10-15(18)17(19)20/h7-9,12,14-15H,3-6,10H2,1-2H3,(H,19,20). The highest BCUT2D eigenvalue weighted by atomic mass is 32.2. The molecule has 1 saturated carbocycles. The van der Waals surface area contributed by atoms with E-state index >= 15 is 0 Å². The predicted octanol–water partition coefficient (Wildman–Crippen LogP) is 2.41. The normalized spacial score (nSPS) is 27.7. The Morgan fingerprint density at radius 2 is 2.00 bits per heavy atom. The lowest BCUT2D eigenvalue weighted by Gasteiger charge is -2.32. The van der Waals surface area contributed by atoms with Gasteiger partial charge in [0.1, 0.15) is 11.8 Å². The molecule has 2 aliphatic rings. The number of benzene rings is 1. The zero-order valence-electron chi connectivity index (χ0n) is 13.9. The fraction of sp³-hybridized carbons (Fsp3) is 0.588. The Morgan fingerprint density at radius 1 is 1.29 bits per heavy atom. The van der Waals surface area contributed by atoms with E-state index in [2.05, 4.69) is 0 Å². The molecular formula is C17H23NO5S. The van der Waals surface area contributed by atoms with Crippen molar-refractivity contribution in [3.63, 3.8) is 0 Å². The molecule has 7 heteroatoms. The van der Waals surface area contributed by atoms with Crippen LogP contribution in [0.15, 0.2) is 23.1 Å². The zero-order chi connectivity index (χ0) is 17.5. The molecule has 24 heavy (non-hydrogen) atoms. The number of ether oxygens (including phenoxy) is 1. The molecule has 1 heterocycles. The molecule has 1 aromatic carbocycles. The third-order valence-electron chi connectivity index (χ3n) is 5.26. The first-order chi connectivity index (χ1) is 11.4. The van der Waals surface area contributed by atoms with Crippen LogP contribution >= 0.6 is 0 Å². The van der Waals surface area contributed by atoms with Crippen LogP contribution in [-0.4, -0.2) is 43.0 Å². The molecule has 6 nitrogen and oxygen atoms in total. The highest BCUT2D eigenvalue weighted by Gasteiger charge is 2.51.